The van der Waals surface area contributed by atoms with E-state index in [1.165, 1.54) is 5.56 Å². The molecule has 3 aromatic rings. The van der Waals surface area contributed by atoms with Gasteiger partial charge in [0.1, 0.15) is 13.2 Å². The number of halogens is 2. The van der Waals surface area contributed by atoms with Gasteiger partial charge in [-0.2, -0.15) is 0 Å². The van der Waals surface area contributed by atoms with Crippen LogP contribution in [0, 0.1) is 0 Å². The molecule has 2 aliphatic rings. The summed E-state index contributed by atoms with van der Waals surface area (Å²) >= 11 is 3.59. The third-order valence-electron chi connectivity index (χ3n) is 6.41. The van der Waals surface area contributed by atoms with Crippen LogP contribution in [0.5, 0.6) is 11.5 Å². The molecule has 176 valence electrons. The monoisotopic (exact) mass is 533 g/mol. The van der Waals surface area contributed by atoms with Gasteiger partial charge in [-0.05, 0) is 61.8 Å². The second kappa shape index (κ2) is 10.9. The highest BCUT2D eigenvalue weighted by Crippen LogP contribution is 2.30. The van der Waals surface area contributed by atoms with Crippen LogP contribution in [-0.2, 0) is 13.1 Å². The van der Waals surface area contributed by atoms with Crippen LogP contribution in [0.15, 0.2) is 57.8 Å². The summed E-state index contributed by atoms with van der Waals surface area (Å²) in [6.45, 7) is 5.76. The van der Waals surface area contributed by atoms with Crippen molar-refractivity contribution in [2.24, 2.45) is 0 Å². The van der Waals surface area contributed by atoms with E-state index in [1.54, 1.807) is 6.07 Å². The zero-order chi connectivity index (χ0) is 21.9. The molecule has 0 amide bonds. The van der Waals surface area contributed by atoms with Crippen molar-refractivity contribution < 1.29 is 9.47 Å². The number of likely N-dealkylation sites (tertiary alicyclic amines) is 1. The van der Waals surface area contributed by atoms with Gasteiger partial charge < -0.3 is 24.3 Å². The molecule has 0 aliphatic carbocycles. The molecule has 0 spiro atoms. The minimum Gasteiger partial charge on any atom is -0.486 e. The van der Waals surface area contributed by atoms with Crippen LogP contribution >= 0.6 is 28.3 Å². The first-order valence-electron chi connectivity index (χ1n) is 11.3. The lowest BCUT2D eigenvalue weighted by molar-refractivity contribution is 0.171. The van der Waals surface area contributed by atoms with E-state index < -0.39 is 0 Å². The second-order valence-electron chi connectivity index (χ2n) is 8.47. The third-order valence-corrected chi connectivity index (χ3v) is 7.10. The molecule has 6 nitrogen and oxygen atoms in total. The van der Waals surface area contributed by atoms with Crippen molar-refractivity contribution >= 4 is 39.2 Å². The van der Waals surface area contributed by atoms with E-state index in [2.05, 4.69) is 38.3 Å². The normalized spacial score (nSPS) is 16.5. The Balaban J connectivity index is 0.00000259. The smallest absolute Gasteiger partial charge is 0.251 e. The van der Waals surface area contributed by atoms with E-state index in [0.717, 1.165) is 65.9 Å². The molecule has 8 heteroatoms. The van der Waals surface area contributed by atoms with Crippen molar-refractivity contribution in [3.63, 3.8) is 0 Å². The predicted molar refractivity (Wildman–Crippen MR) is 137 cm³/mol. The summed E-state index contributed by atoms with van der Waals surface area (Å²) in [7, 11) is 0. The molecule has 0 radical (unpaired) electrons. The van der Waals surface area contributed by atoms with Crippen molar-refractivity contribution in [1.29, 1.82) is 0 Å². The number of hydrogen-bond acceptors (Lipinski definition) is 5. The number of nitrogens with one attached hydrogen (secondary N) is 1. The molecule has 1 fully saturated rings. The number of fused-ring (bicyclic) bond motifs is 2. The lowest BCUT2D eigenvalue weighted by Crippen LogP contribution is -2.43. The average molecular weight is 535 g/mol. The predicted octanol–water partition coefficient (Wildman–Crippen LogP) is 4.21. The average Bonchev–Trinajstić information content (AvgIpc) is 2.83. The van der Waals surface area contributed by atoms with Gasteiger partial charge in [0, 0.05) is 41.6 Å². The largest absolute Gasteiger partial charge is 0.486 e. The van der Waals surface area contributed by atoms with Crippen LogP contribution in [0.1, 0.15) is 18.4 Å². The van der Waals surface area contributed by atoms with Crippen LogP contribution in [0.2, 0.25) is 0 Å². The minimum atomic E-state index is 0. The quantitative estimate of drug-likeness (QED) is 0.513. The van der Waals surface area contributed by atoms with Gasteiger partial charge in [-0.3, -0.25) is 4.79 Å². The Kier molecular flexibility index (Phi) is 7.96. The zero-order valence-electron chi connectivity index (χ0n) is 18.5. The molecule has 2 aliphatic heterocycles. The zero-order valence-corrected chi connectivity index (χ0v) is 20.9. The van der Waals surface area contributed by atoms with E-state index in [4.69, 9.17) is 9.47 Å². The van der Waals surface area contributed by atoms with Crippen molar-refractivity contribution in [1.82, 2.24) is 14.8 Å². The molecule has 5 rings (SSSR count). The van der Waals surface area contributed by atoms with Crippen molar-refractivity contribution in [3.8, 4) is 11.5 Å². The first kappa shape index (κ1) is 24.1. The van der Waals surface area contributed by atoms with Gasteiger partial charge >= 0.3 is 0 Å². The van der Waals surface area contributed by atoms with Gasteiger partial charge in [0.2, 0.25) is 0 Å². The Morgan fingerprint density at radius 2 is 1.76 bits per heavy atom. The van der Waals surface area contributed by atoms with Gasteiger partial charge in [0.15, 0.2) is 11.5 Å². The molecule has 1 saturated heterocycles. The van der Waals surface area contributed by atoms with Crippen molar-refractivity contribution in [2.75, 3.05) is 32.8 Å². The maximum Gasteiger partial charge on any atom is 0.251 e. The molecule has 0 atom stereocenters. The van der Waals surface area contributed by atoms with E-state index in [0.29, 0.717) is 25.8 Å². The fraction of sp³-hybridized carbons (Fsp3) is 0.400. The Morgan fingerprint density at radius 3 is 2.58 bits per heavy atom. The Labute approximate surface area is 208 Å². The standard InChI is InChI=1S/C25H28BrN3O3.ClH/c26-21-2-1-3-22-20(21)5-7-25(30)29(22)13-12-28-10-8-19(9-11-28)27-17-18-4-6-23-24(16-18)32-15-14-31-23;/h1-7,16,19,27H,8-15,17H2;1H. The first-order chi connectivity index (χ1) is 15.7. The summed E-state index contributed by atoms with van der Waals surface area (Å²) in [5, 5.41) is 4.77. The highest BCUT2D eigenvalue weighted by atomic mass is 79.9. The molecular formula is C25H29BrClN3O3. The van der Waals surface area contributed by atoms with Gasteiger partial charge in [0.05, 0.1) is 5.52 Å². The van der Waals surface area contributed by atoms with E-state index in [-0.39, 0.29) is 18.0 Å². The number of aromatic nitrogens is 1. The Morgan fingerprint density at radius 1 is 0.970 bits per heavy atom. The number of pyridine rings is 1. The van der Waals surface area contributed by atoms with Crippen molar-refractivity contribution in [2.45, 2.75) is 32.0 Å². The summed E-state index contributed by atoms with van der Waals surface area (Å²) in [5.74, 6) is 1.69. The maximum absolute atomic E-state index is 12.5. The highest BCUT2D eigenvalue weighted by Gasteiger charge is 2.19. The number of benzene rings is 2. The lowest BCUT2D eigenvalue weighted by atomic mass is 10.0. The third kappa shape index (κ3) is 5.54. The maximum atomic E-state index is 12.5. The molecule has 0 unspecified atom stereocenters. The fourth-order valence-corrected chi connectivity index (χ4v) is 5.07. The SMILES string of the molecule is Cl.O=c1ccc2c(Br)cccc2n1CCN1CCC(NCc2ccc3c(c2)OCCO3)CC1. The molecule has 0 saturated carbocycles. The molecule has 1 N–H and O–H groups in total. The Hall–Kier alpha value is -2.06. The van der Waals surface area contributed by atoms with Crippen LogP contribution in [-0.4, -0.2) is 48.4 Å². The molecule has 0 bridgehead atoms. The summed E-state index contributed by atoms with van der Waals surface area (Å²) < 4.78 is 14.2. The summed E-state index contributed by atoms with van der Waals surface area (Å²) in [4.78, 5) is 14.9. The highest BCUT2D eigenvalue weighted by molar-refractivity contribution is 9.10. The van der Waals surface area contributed by atoms with Gasteiger partial charge in [-0.25, -0.2) is 0 Å². The number of piperidine rings is 1. The number of ether oxygens (including phenoxy) is 2. The van der Waals surface area contributed by atoms with Crippen LogP contribution < -0.4 is 20.3 Å². The molecule has 33 heavy (non-hydrogen) atoms. The number of rotatable bonds is 6. The molecule has 3 heterocycles. The fourth-order valence-electron chi connectivity index (χ4n) is 4.58. The van der Waals surface area contributed by atoms with E-state index in [9.17, 15) is 4.79 Å². The summed E-state index contributed by atoms with van der Waals surface area (Å²) in [6.07, 6.45) is 2.22. The second-order valence-corrected chi connectivity index (χ2v) is 9.33. The summed E-state index contributed by atoms with van der Waals surface area (Å²) in [6, 6.07) is 16.3. The van der Waals surface area contributed by atoms with E-state index in [1.807, 2.05) is 34.9 Å². The first-order valence-corrected chi connectivity index (χ1v) is 12.1. The number of hydrogen-bond donors (Lipinski definition) is 1. The number of nitrogens with zero attached hydrogens (tertiary/aromatic N) is 2. The molecule has 1 aromatic heterocycles. The summed E-state index contributed by atoms with van der Waals surface area (Å²) in [5.41, 5.74) is 2.27. The Bertz CT molecular complexity index is 1160. The van der Waals surface area contributed by atoms with Gasteiger partial charge in [-0.15, -0.1) is 12.4 Å². The van der Waals surface area contributed by atoms with Gasteiger partial charge in [0.25, 0.3) is 5.56 Å². The van der Waals surface area contributed by atoms with Crippen molar-refractivity contribution in [3.05, 3.63) is 68.9 Å². The van der Waals surface area contributed by atoms with Gasteiger partial charge in [-0.1, -0.05) is 28.1 Å². The molecular weight excluding hydrogens is 506 g/mol. The van der Waals surface area contributed by atoms with E-state index >= 15 is 0 Å². The van der Waals surface area contributed by atoms with Crippen LogP contribution in [0.25, 0.3) is 10.9 Å². The van der Waals surface area contributed by atoms with Crippen LogP contribution in [0.3, 0.4) is 0 Å². The minimum absolute atomic E-state index is 0. The topological polar surface area (TPSA) is 55.7 Å². The lowest BCUT2D eigenvalue weighted by Gasteiger charge is -2.32. The van der Waals surface area contributed by atoms with Crippen LogP contribution in [0.4, 0.5) is 0 Å². The molecule has 2 aromatic carbocycles.